The van der Waals surface area contributed by atoms with Gasteiger partial charge in [0, 0.05) is 5.56 Å². The number of hydrogen-bond donors (Lipinski definition) is 1. The minimum Gasteiger partial charge on any atom is -0.490 e. The molecular weight excluding hydrogens is 378 g/mol. The zero-order chi connectivity index (χ0) is 21.5. The fraction of sp³-hybridized carbons (Fsp3) is 0.320. The zero-order valence-electron chi connectivity index (χ0n) is 18.0. The van der Waals surface area contributed by atoms with Crippen molar-refractivity contribution in [2.45, 2.75) is 33.7 Å². The van der Waals surface area contributed by atoms with E-state index in [9.17, 15) is 4.79 Å². The van der Waals surface area contributed by atoms with E-state index in [-0.39, 0.29) is 11.9 Å². The van der Waals surface area contributed by atoms with Gasteiger partial charge in [0.15, 0.2) is 11.5 Å². The van der Waals surface area contributed by atoms with E-state index in [1.54, 1.807) is 12.1 Å². The molecule has 5 heteroatoms. The molecule has 0 spiro atoms. The van der Waals surface area contributed by atoms with Crippen molar-refractivity contribution in [1.82, 2.24) is 5.32 Å². The van der Waals surface area contributed by atoms with Gasteiger partial charge in [-0.25, -0.2) is 0 Å². The Hall–Kier alpha value is -3.21. The number of hydrogen-bond acceptors (Lipinski definition) is 4. The third-order valence-electron chi connectivity index (χ3n) is 4.79. The Balaban J connectivity index is 1.87. The van der Waals surface area contributed by atoms with Crippen molar-refractivity contribution in [1.29, 1.82) is 0 Å². The number of rotatable bonds is 9. The summed E-state index contributed by atoms with van der Waals surface area (Å²) in [7, 11) is 0. The van der Waals surface area contributed by atoms with E-state index >= 15 is 0 Å². The highest BCUT2D eigenvalue weighted by molar-refractivity contribution is 5.96. The van der Waals surface area contributed by atoms with Crippen molar-refractivity contribution in [3.8, 4) is 17.2 Å². The first-order valence-corrected chi connectivity index (χ1v) is 10.4. The summed E-state index contributed by atoms with van der Waals surface area (Å²) in [5.74, 6) is 1.35. The van der Waals surface area contributed by atoms with E-state index in [1.807, 2.05) is 45.9 Å². The number of amides is 1. The Morgan fingerprint density at radius 2 is 1.43 bits per heavy atom. The van der Waals surface area contributed by atoms with E-state index in [2.05, 4.69) is 29.6 Å². The summed E-state index contributed by atoms with van der Waals surface area (Å²) in [6.07, 6.45) is 0. The van der Waals surface area contributed by atoms with E-state index < -0.39 is 0 Å². The van der Waals surface area contributed by atoms with Crippen molar-refractivity contribution in [2.75, 3.05) is 19.8 Å². The first-order chi connectivity index (χ1) is 14.6. The summed E-state index contributed by atoms with van der Waals surface area (Å²) in [5.41, 5.74) is 1.51. The molecular formula is C25H29NO4. The number of nitrogens with one attached hydrogen (secondary N) is 1. The lowest BCUT2D eigenvalue weighted by Crippen LogP contribution is -2.26. The molecule has 0 aliphatic carbocycles. The predicted molar refractivity (Wildman–Crippen MR) is 120 cm³/mol. The molecule has 0 heterocycles. The second kappa shape index (κ2) is 10.0. The van der Waals surface area contributed by atoms with Gasteiger partial charge in [-0.05, 0) is 62.2 Å². The maximum atomic E-state index is 13.0. The van der Waals surface area contributed by atoms with Crippen LogP contribution in [0.4, 0.5) is 0 Å². The highest BCUT2D eigenvalue weighted by atomic mass is 16.5. The number of ether oxygens (including phenoxy) is 3. The lowest BCUT2D eigenvalue weighted by Gasteiger charge is -2.19. The van der Waals surface area contributed by atoms with Crippen molar-refractivity contribution in [3.63, 3.8) is 0 Å². The Morgan fingerprint density at radius 3 is 2.03 bits per heavy atom. The first kappa shape index (κ1) is 21.5. The topological polar surface area (TPSA) is 56.8 Å². The zero-order valence-corrected chi connectivity index (χ0v) is 18.0. The van der Waals surface area contributed by atoms with Gasteiger partial charge >= 0.3 is 0 Å². The molecule has 1 amide bonds. The van der Waals surface area contributed by atoms with Gasteiger partial charge in [-0.2, -0.15) is 0 Å². The molecule has 0 fully saturated rings. The highest BCUT2D eigenvalue weighted by Crippen LogP contribution is 2.39. The van der Waals surface area contributed by atoms with Gasteiger partial charge in [0.1, 0.15) is 0 Å². The van der Waals surface area contributed by atoms with Crippen LogP contribution in [0.5, 0.6) is 17.2 Å². The third kappa shape index (κ3) is 4.85. The molecule has 0 saturated heterocycles. The molecule has 3 aromatic carbocycles. The molecule has 3 rings (SSSR count). The van der Waals surface area contributed by atoms with Crippen LogP contribution in [-0.2, 0) is 0 Å². The summed E-state index contributed by atoms with van der Waals surface area (Å²) < 4.78 is 17.2. The fourth-order valence-electron chi connectivity index (χ4n) is 3.36. The third-order valence-corrected chi connectivity index (χ3v) is 4.79. The summed E-state index contributed by atoms with van der Waals surface area (Å²) >= 11 is 0. The first-order valence-electron chi connectivity index (χ1n) is 10.4. The van der Waals surface area contributed by atoms with Crippen molar-refractivity contribution in [2.24, 2.45) is 0 Å². The molecule has 3 aromatic rings. The van der Waals surface area contributed by atoms with Gasteiger partial charge in [0.2, 0.25) is 5.75 Å². The molecule has 0 bridgehead atoms. The van der Waals surface area contributed by atoms with E-state index in [0.717, 1.165) is 10.9 Å². The second-order valence-electron chi connectivity index (χ2n) is 6.90. The van der Waals surface area contributed by atoms with E-state index in [4.69, 9.17) is 14.2 Å². The van der Waals surface area contributed by atoms with Crippen LogP contribution in [0.2, 0.25) is 0 Å². The summed E-state index contributed by atoms with van der Waals surface area (Å²) in [6, 6.07) is 17.7. The average molecular weight is 408 g/mol. The highest BCUT2D eigenvalue weighted by Gasteiger charge is 2.19. The van der Waals surface area contributed by atoms with Crippen LogP contribution >= 0.6 is 0 Å². The number of carbonyl (C=O) groups is 1. The SMILES string of the molecule is CCOc1cc(C(=O)N[C@H](C)c2ccc3ccccc3c2)cc(OCC)c1OCC. The van der Waals surface area contributed by atoms with Crippen LogP contribution in [0.15, 0.2) is 54.6 Å². The molecule has 0 aliphatic rings. The molecule has 0 saturated carbocycles. The largest absolute Gasteiger partial charge is 0.490 e. The quantitative estimate of drug-likeness (QED) is 0.507. The van der Waals surface area contributed by atoms with Crippen molar-refractivity contribution in [3.05, 3.63) is 65.7 Å². The molecule has 0 unspecified atom stereocenters. The standard InChI is InChI=1S/C25H29NO4/c1-5-28-22-15-21(16-23(29-6-2)24(22)30-7-3)25(27)26-17(4)19-13-12-18-10-8-9-11-20(18)14-19/h8-17H,5-7H2,1-4H3,(H,26,27)/t17-/m1/s1. The molecule has 0 aliphatic heterocycles. The second-order valence-corrected chi connectivity index (χ2v) is 6.90. The van der Waals surface area contributed by atoms with Gasteiger partial charge in [0.05, 0.1) is 25.9 Å². The Labute approximate surface area is 178 Å². The van der Waals surface area contributed by atoms with Crippen LogP contribution in [0.3, 0.4) is 0 Å². The number of fused-ring (bicyclic) bond motifs is 1. The van der Waals surface area contributed by atoms with E-state index in [1.165, 1.54) is 5.39 Å². The fourth-order valence-corrected chi connectivity index (χ4v) is 3.36. The number of carbonyl (C=O) groups excluding carboxylic acids is 1. The molecule has 1 atom stereocenters. The predicted octanol–water partition coefficient (Wildman–Crippen LogP) is 5.53. The summed E-state index contributed by atoms with van der Waals surface area (Å²) in [5, 5.41) is 5.40. The monoisotopic (exact) mass is 407 g/mol. The Morgan fingerprint density at radius 1 is 0.833 bits per heavy atom. The molecule has 158 valence electrons. The van der Waals surface area contributed by atoms with Crippen molar-refractivity contribution >= 4 is 16.7 Å². The van der Waals surface area contributed by atoms with Gasteiger partial charge in [-0.1, -0.05) is 36.4 Å². The van der Waals surface area contributed by atoms with Crippen LogP contribution in [0.25, 0.3) is 10.8 Å². The smallest absolute Gasteiger partial charge is 0.252 e. The van der Waals surface area contributed by atoms with Crippen LogP contribution < -0.4 is 19.5 Å². The van der Waals surface area contributed by atoms with Gasteiger partial charge in [-0.3, -0.25) is 4.79 Å². The average Bonchev–Trinajstić information content (AvgIpc) is 2.75. The molecule has 5 nitrogen and oxygen atoms in total. The Bertz CT molecular complexity index is 988. The Kier molecular flexibility index (Phi) is 7.17. The lowest BCUT2D eigenvalue weighted by molar-refractivity contribution is 0.0938. The molecule has 1 N–H and O–H groups in total. The van der Waals surface area contributed by atoms with Gasteiger partial charge < -0.3 is 19.5 Å². The molecule has 30 heavy (non-hydrogen) atoms. The van der Waals surface area contributed by atoms with Crippen LogP contribution in [0, 0.1) is 0 Å². The van der Waals surface area contributed by atoms with Crippen molar-refractivity contribution < 1.29 is 19.0 Å². The normalized spacial score (nSPS) is 11.7. The number of benzene rings is 3. The van der Waals surface area contributed by atoms with Gasteiger partial charge in [-0.15, -0.1) is 0 Å². The summed E-state index contributed by atoms with van der Waals surface area (Å²) in [6.45, 7) is 9.06. The van der Waals surface area contributed by atoms with Gasteiger partial charge in [0.25, 0.3) is 5.91 Å². The molecule has 0 aromatic heterocycles. The molecule has 0 radical (unpaired) electrons. The lowest BCUT2D eigenvalue weighted by atomic mass is 10.0. The minimum atomic E-state index is -0.194. The maximum Gasteiger partial charge on any atom is 0.252 e. The van der Waals surface area contributed by atoms with E-state index in [0.29, 0.717) is 42.6 Å². The van der Waals surface area contributed by atoms with Crippen LogP contribution in [-0.4, -0.2) is 25.7 Å². The maximum absolute atomic E-state index is 13.0. The summed E-state index contributed by atoms with van der Waals surface area (Å²) in [4.78, 5) is 13.0. The van der Waals surface area contributed by atoms with Crippen LogP contribution in [0.1, 0.15) is 49.7 Å². The minimum absolute atomic E-state index is 0.153.